The van der Waals surface area contributed by atoms with Crippen LogP contribution < -0.4 is 4.90 Å². The third kappa shape index (κ3) is 4.70. The lowest BCUT2D eigenvalue weighted by atomic mass is 9.85. The number of Topliss-reactive ketones (excluding diaryl/α,β-unsaturated/α-hetero) is 1. The molecule has 1 aliphatic heterocycles. The Balaban J connectivity index is 1.90. The fraction of sp³-hybridized carbons (Fsp3) is 0.290. The number of hydrogen-bond acceptors (Lipinski definition) is 3. The Labute approximate surface area is 212 Å². The van der Waals surface area contributed by atoms with E-state index in [0.29, 0.717) is 11.3 Å². The highest BCUT2D eigenvalue weighted by atomic mass is 19.1. The normalized spacial score (nSPS) is 18.1. The van der Waals surface area contributed by atoms with Gasteiger partial charge in [0.2, 0.25) is 0 Å². The van der Waals surface area contributed by atoms with Crippen molar-refractivity contribution in [3.8, 4) is 0 Å². The van der Waals surface area contributed by atoms with Gasteiger partial charge in [0.05, 0.1) is 11.6 Å². The van der Waals surface area contributed by atoms with Gasteiger partial charge in [-0.05, 0) is 63.9 Å². The lowest BCUT2D eigenvalue weighted by Gasteiger charge is -2.27. The Hall–Kier alpha value is -3.73. The smallest absolute Gasteiger partial charge is 0.300 e. The molecule has 1 aliphatic rings. The third-order valence-electron chi connectivity index (χ3n) is 6.67. The number of amides is 1. The first-order valence-corrected chi connectivity index (χ1v) is 12.1. The average Bonchev–Trinajstić information content (AvgIpc) is 3.08. The molecule has 3 aromatic rings. The van der Waals surface area contributed by atoms with Crippen molar-refractivity contribution < 1.29 is 19.1 Å². The van der Waals surface area contributed by atoms with Crippen LogP contribution in [0.15, 0.2) is 78.4 Å². The minimum atomic E-state index is -0.829. The summed E-state index contributed by atoms with van der Waals surface area (Å²) in [5.41, 5.74) is 3.58. The predicted octanol–water partition coefficient (Wildman–Crippen LogP) is 7.05. The minimum absolute atomic E-state index is 0.0185. The Morgan fingerprint density at radius 2 is 1.22 bits per heavy atom. The second-order valence-corrected chi connectivity index (χ2v) is 11.3. The second-order valence-electron chi connectivity index (χ2n) is 11.3. The van der Waals surface area contributed by atoms with Crippen LogP contribution >= 0.6 is 0 Å². The number of nitrogens with zero attached hydrogens (tertiary/aromatic N) is 1. The third-order valence-corrected chi connectivity index (χ3v) is 6.67. The molecule has 0 aromatic heterocycles. The minimum Gasteiger partial charge on any atom is -0.507 e. The molecule has 5 heteroatoms. The van der Waals surface area contributed by atoms with Gasteiger partial charge < -0.3 is 5.11 Å². The standard InChI is InChI=1S/C31H32FNO3/c1-30(2,3)21-11-7-19(8-12-21)26-25(27(34)20-9-15-23(32)16-10-20)28(35)29(36)33(26)24-17-13-22(14-18-24)31(4,5)6/h7-18,26,34H,1-6H3/b27-25-. The second kappa shape index (κ2) is 9.05. The van der Waals surface area contributed by atoms with E-state index in [-0.39, 0.29) is 27.7 Å². The Bertz CT molecular complexity index is 1320. The van der Waals surface area contributed by atoms with E-state index in [9.17, 15) is 19.1 Å². The summed E-state index contributed by atoms with van der Waals surface area (Å²) in [4.78, 5) is 28.1. The highest BCUT2D eigenvalue weighted by Crippen LogP contribution is 2.43. The van der Waals surface area contributed by atoms with E-state index < -0.39 is 23.5 Å². The molecule has 4 rings (SSSR count). The zero-order valence-corrected chi connectivity index (χ0v) is 21.6. The molecule has 1 N–H and O–H groups in total. The SMILES string of the molecule is CC(C)(C)c1ccc(C2/C(=C(/O)c3ccc(F)cc3)C(=O)C(=O)N2c2ccc(C(C)(C)C)cc2)cc1. The molecule has 0 spiro atoms. The van der Waals surface area contributed by atoms with Gasteiger partial charge in [0.1, 0.15) is 11.6 Å². The molecule has 1 unspecified atom stereocenters. The van der Waals surface area contributed by atoms with E-state index in [1.54, 1.807) is 0 Å². The first-order chi connectivity index (χ1) is 16.8. The highest BCUT2D eigenvalue weighted by molar-refractivity contribution is 6.51. The molecule has 0 aliphatic carbocycles. The van der Waals surface area contributed by atoms with Crippen LogP contribution in [0.2, 0.25) is 0 Å². The molecule has 0 bridgehead atoms. The number of carbonyl (C=O) groups is 2. The molecule has 0 saturated carbocycles. The van der Waals surface area contributed by atoms with E-state index in [4.69, 9.17) is 0 Å². The van der Waals surface area contributed by atoms with Gasteiger partial charge in [-0.3, -0.25) is 14.5 Å². The Morgan fingerprint density at radius 1 is 0.750 bits per heavy atom. The number of anilines is 1. The molecule has 1 amide bonds. The van der Waals surface area contributed by atoms with Gasteiger partial charge in [-0.25, -0.2) is 4.39 Å². The number of carbonyl (C=O) groups excluding carboxylic acids is 2. The van der Waals surface area contributed by atoms with Crippen LogP contribution in [0, 0.1) is 5.82 Å². The molecular formula is C31H32FNO3. The molecule has 1 atom stereocenters. The van der Waals surface area contributed by atoms with Crippen LogP contribution in [0.25, 0.3) is 5.76 Å². The number of aliphatic hydroxyl groups is 1. The zero-order chi connectivity index (χ0) is 26.4. The average molecular weight is 486 g/mol. The van der Waals surface area contributed by atoms with Gasteiger partial charge in [0.25, 0.3) is 11.7 Å². The summed E-state index contributed by atoms with van der Waals surface area (Å²) in [6, 6.07) is 19.7. The molecule has 186 valence electrons. The monoisotopic (exact) mass is 485 g/mol. The summed E-state index contributed by atoms with van der Waals surface area (Å²) in [6.45, 7) is 12.6. The van der Waals surface area contributed by atoms with E-state index in [2.05, 4.69) is 41.5 Å². The maximum absolute atomic E-state index is 13.5. The topological polar surface area (TPSA) is 57.6 Å². The number of hydrogen-bond donors (Lipinski definition) is 1. The van der Waals surface area contributed by atoms with Crippen LogP contribution in [-0.2, 0) is 20.4 Å². The van der Waals surface area contributed by atoms with Crippen molar-refractivity contribution in [2.24, 2.45) is 0 Å². The van der Waals surface area contributed by atoms with Crippen molar-refractivity contribution in [1.82, 2.24) is 0 Å². The first-order valence-electron chi connectivity index (χ1n) is 12.1. The Morgan fingerprint density at radius 3 is 1.69 bits per heavy atom. The molecule has 3 aromatic carbocycles. The van der Waals surface area contributed by atoms with Crippen molar-refractivity contribution in [2.75, 3.05) is 4.90 Å². The lowest BCUT2D eigenvalue weighted by Crippen LogP contribution is -2.29. The molecule has 1 saturated heterocycles. The zero-order valence-electron chi connectivity index (χ0n) is 21.6. The van der Waals surface area contributed by atoms with Crippen molar-refractivity contribution in [3.63, 3.8) is 0 Å². The van der Waals surface area contributed by atoms with E-state index in [1.807, 2.05) is 48.5 Å². The number of rotatable bonds is 3. The number of benzene rings is 3. The number of halogens is 1. The molecule has 1 heterocycles. The van der Waals surface area contributed by atoms with Gasteiger partial charge in [-0.1, -0.05) is 77.9 Å². The van der Waals surface area contributed by atoms with Crippen LogP contribution in [0.4, 0.5) is 10.1 Å². The summed E-state index contributed by atoms with van der Waals surface area (Å²) < 4.78 is 13.5. The summed E-state index contributed by atoms with van der Waals surface area (Å²) >= 11 is 0. The van der Waals surface area contributed by atoms with Crippen molar-refractivity contribution >= 4 is 23.1 Å². The van der Waals surface area contributed by atoms with Gasteiger partial charge in [-0.15, -0.1) is 0 Å². The molecular weight excluding hydrogens is 453 g/mol. The van der Waals surface area contributed by atoms with Crippen LogP contribution in [0.1, 0.15) is 69.8 Å². The van der Waals surface area contributed by atoms with Crippen molar-refractivity contribution in [2.45, 2.75) is 58.4 Å². The molecule has 4 nitrogen and oxygen atoms in total. The number of ketones is 1. The maximum atomic E-state index is 13.5. The highest BCUT2D eigenvalue weighted by Gasteiger charge is 2.47. The molecule has 0 radical (unpaired) electrons. The molecule has 36 heavy (non-hydrogen) atoms. The fourth-order valence-electron chi connectivity index (χ4n) is 4.46. The molecule has 1 fully saturated rings. The Kier molecular flexibility index (Phi) is 6.38. The summed E-state index contributed by atoms with van der Waals surface area (Å²) in [5, 5.41) is 11.2. The van der Waals surface area contributed by atoms with Crippen molar-refractivity contribution in [3.05, 3.63) is 106 Å². The largest absolute Gasteiger partial charge is 0.507 e. The van der Waals surface area contributed by atoms with Gasteiger partial charge >= 0.3 is 0 Å². The maximum Gasteiger partial charge on any atom is 0.300 e. The summed E-state index contributed by atoms with van der Waals surface area (Å²) in [6.07, 6.45) is 0. The number of aliphatic hydroxyl groups excluding tert-OH is 1. The van der Waals surface area contributed by atoms with E-state index >= 15 is 0 Å². The first kappa shape index (κ1) is 25.4. The van der Waals surface area contributed by atoms with Crippen molar-refractivity contribution in [1.29, 1.82) is 0 Å². The predicted molar refractivity (Wildman–Crippen MR) is 141 cm³/mol. The lowest BCUT2D eigenvalue weighted by molar-refractivity contribution is -0.132. The van der Waals surface area contributed by atoms with Gasteiger partial charge in [0, 0.05) is 11.3 Å². The summed E-state index contributed by atoms with van der Waals surface area (Å²) in [7, 11) is 0. The fourth-order valence-corrected chi connectivity index (χ4v) is 4.46. The van der Waals surface area contributed by atoms with Crippen LogP contribution in [0.5, 0.6) is 0 Å². The van der Waals surface area contributed by atoms with Gasteiger partial charge in [0.15, 0.2) is 0 Å². The summed E-state index contributed by atoms with van der Waals surface area (Å²) in [5.74, 6) is -2.28. The quantitative estimate of drug-likeness (QED) is 0.246. The van der Waals surface area contributed by atoms with E-state index in [0.717, 1.165) is 11.1 Å². The van der Waals surface area contributed by atoms with Crippen LogP contribution in [0.3, 0.4) is 0 Å². The van der Waals surface area contributed by atoms with E-state index in [1.165, 1.54) is 29.2 Å². The van der Waals surface area contributed by atoms with Gasteiger partial charge in [-0.2, -0.15) is 0 Å². The van der Waals surface area contributed by atoms with Crippen LogP contribution in [-0.4, -0.2) is 16.8 Å².